The number of hydrogen-bond acceptors (Lipinski definition) is 1. The molecule has 0 atom stereocenters. The van der Waals surface area contributed by atoms with Crippen molar-refractivity contribution in [3.8, 4) is 0 Å². The second-order valence-electron chi connectivity index (χ2n) is 3.98. The molecule has 1 aliphatic rings. The summed E-state index contributed by atoms with van der Waals surface area (Å²) in [6.45, 7) is -0.00286. The molecule has 5 heteroatoms. The molecule has 2 rings (SSSR count). The Balaban J connectivity index is 2.26. The maximum absolute atomic E-state index is 13.5. The van der Waals surface area contributed by atoms with Gasteiger partial charge in [0.05, 0.1) is 12.2 Å². The van der Waals surface area contributed by atoms with Crippen molar-refractivity contribution < 1.29 is 13.2 Å². The molecule has 1 aliphatic heterocycles. The minimum atomic E-state index is -2.74. The van der Waals surface area contributed by atoms with Gasteiger partial charge in [0, 0.05) is 18.0 Å². The van der Waals surface area contributed by atoms with Crippen LogP contribution >= 0.6 is 11.6 Å². The van der Waals surface area contributed by atoms with E-state index in [1.807, 2.05) is 0 Å². The topological polar surface area (TPSA) is 3.24 Å². The molecule has 1 saturated heterocycles. The highest BCUT2D eigenvalue weighted by atomic mass is 35.5. The fourth-order valence-corrected chi connectivity index (χ4v) is 2.07. The van der Waals surface area contributed by atoms with Gasteiger partial charge in [0.1, 0.15) is 5.82 Å². The zero-order valence-corrected chi connectivity index (χ0v) is 9.28. The lowest BCUT2D eigenvalue weighted by atomic mass is 10.1. The molecule has 0 aliphatic carbocycles. The van der Waals surface area contributed by atoms with Crippen LogP contribution in [0.4, 0.5) is 18.9 Å². The molecule has 16 heavy (non-hydrogen) atoms. The lowest BCUT2D eigenvalue weighted by molar-refractivity contribution is -0.0118. The van der Waals surface area contributed by atoms with E-state index in [2.05, 4.69) is 0 Å². The van der Waals surface area contributed by atoms with Crippen molar-refractivity contribution in [2.75, 3.05) is 18.0 Å². The molecule has 0 saturated carbocycles. The maximum atomic E-state index is 13.5. The standard InChI is InChI=1S/C11H11ClF3N/c12-8-2-3-9(13)10(6-8)16-5-1-4-11(14,15)7-16/h2-3,6H,1,4-5,7H2. The van der Waals surface area contributed by atoms with Gasteiger partial charge in [0.15, 0.2) is 0 Å². The summed E-state index contributed by atoms with van der Waals surface area (Å²) in [4.78, 5) is 1.35. The van der Waals surface area contributed by atoms with Gasteiger partial charge in [0.25, 0.3) is 5.92 Å². The van der Waals surface area contributed by atoms with Crippen LogP contribution in [0.1, 0.15) is 12.8 Å². The molecule has 0 unspecified atom stereocenters. The van der Waals surface area contributed by atoms with Crippen LogP contribution in [0.25, 0.3) is 0 Å². The Bertz CT molecular complexity index is 395. The third-order valence-electron chi connectivity index (χ3n) is 2.64. The summed E-state index contributed by atoms with van der Waals surface area (Å²) >= 11 is 5.73. The summed E-state index contributed by atoms with van der Waals surface area (Å²) in [5.41, 5.74) is 0.159. The van der Waals surface area contributed by atoms with Crippen molar-refractivity contribution in [3.05, 3.63) is 29.0 Å². The van der Waals surface area contributed by atoms with E-state index >= 15 is 0 Å². The fourth-order valence-electron chi connectivity index (χ4n) is 1.90. The zero-order valence-electron chi connectivity index (χ0n) is 8.52. The highest BCUT2D eigenvalue weighted by Gasteiger charge is 2.35. The number of alkyl halides is 2. The number of anilines is 1. The van der Waals surface area contributed by atoms with Crippen LogP contribution < -0.4 is 4.90 Å². The Kier molecular flexibility index (Phi) is 3.02. The largest absolute Gasteiger partial charge is 0.363 e. The van der Waals surface area contributed by atoms with Crippen molar-refractivity contribution in [1.82, 2.24) is 0 Å². The number of hydrogen-bond donors (Lipinski definition) is 0. The highest BCUT2D eigenvalue weighted by Crippen LogP contribution is 2.32. The van der Waals surface area contributed by atoms with Gasteiger partial charge >= 0.3 is 0 Å². The first-order valence-electron chi connectivity index (χ1n) is 5.06. The summed E-state index contributed by atoms with van der Waals surface area (Å²) in [5, 5.41) is 0.352. The number of rotatable bonds is 1. The first kappa shape index (κ1) is 11.6. The Labute approximate surface area is 96.8 Å². The van der Waals surface area contributed by atoms with E-state index < -0.39 is 18.3 Å². The van der Waals surface area contributed by atoms with Crippen LogP contribution in [0.2, 0.25) is 5.02 Å². The highest BCUT2D eigenvalue weighted by molar-refractivity contribution is 6.30. The van der Waals surface area contributed by atoms with Crippen molar-refractivity contribution in [2.24, 2.45) is 0 Å². The van der Waals surface area contributed by atoms with Gasteiger partial charge in [-0.15, -0.1) is 0 Å². The van der Waals surface area contributed by atoms with Gasteiger partial charge < -0.3 is 4.90 Å². The zero-order chi connectivity index (χ0) is 11.8. The van der Waals surface area contributed by atoms with Gasteiger partial charge in [-0.3, -0.25) is 0 Å². The Morgan fingerprint density at radius 3 is 2.75 bits per heavy atom. The maximum Gasteiger partial charge on any atom is 0.265 e. The molecule has 0 bridgehead atoms. The fraction of sp³-hybridized carbons (Fsp3) is 0.455. The summed E-state index contributed by atoms with van der Waals surface area (Å²) in [6.07, 6.45) is 0.227. The molecule has 0 aromatic heterocycles. The van der Waals surface area contributed by atoms with Crippen LogP contribution in [0, 0.1) is 5.82 Å². The Morgan fingerprint density at radius 2 is 2.06 bits per heavy atom. The van der Waals surface area contributed by atoms with Crippen LogP contribution in [0.5, 0.6) is 0 Å². The summed E-state index contributed by atoms with van der Waals surface area (Å²) < 4.78 is 39.8. The third kappa shape index (κ3) is 2.43. The van der Waals surface area contributed by atoms with E-state index in [-0.39, 0.29) is 12.1 Å². The van der Waals surface area contributed by atoms with Crippen molar-refractivity contribution in [2.45, 2.75) is 18.8 Å². The molecule has 1 heterocycles. The van der Waals surface area contributed by atoms with Gasteiger partial charge in [-0.05, 0) is 24.6 Å². The summed E-state index contributed by atoms with van der Waals surface area (Å²) in [7, 11) is 0. The Hall–Kier alpha value is -0.900. The first-order valence-corrected chi connectivity index (χ1v) is 5.44. The van der Waals surface area contributed by atoms with Gasteiger partial charge in [-0.2, -0.15) is 0 Å². The normalized spacial score (nSPS) is 19.9. The monoisotopic (exact) mass is 249 g/mol. The summed E-state index contributed by atoms with van der Waals surface area (Å²) in [5.74, 6) is -3.25. The number of piperidine rings is 1. The van der Waals surface area contributed by atoms with Crippen molar-refractivity contribution >= 4 is 17.3 Å². The third-order valence-corrected chi connectivity index (χ3v) is 2.88. The average molecular weight is 250 g/mol. The van der Waals surface area contributed by atoms with Crippen LogP contribution in [-0.4, -0.2) is 19.0 Å². The van der Waals surface area contributed by atoms with Gasteiger partial charge in [-0.1, -0.05) is 11.6 Å². The minimum absolute atomic E-state index is 0.133. The van der Waals surface area contributed by atoms with Gasteiger partial charge in [-0.25, -0.2) is 13.2 Å². The molecule has 0 spiro atoms. The molecule has 1 aromatic rings. The van der Waals surface area contributed by atoms with Crippen molar-refractivity contribution in [1.29, 1.82) is 0 Å². The lowest BCUT2D eigenvalue weighted by Crippen LogP contribution is -2.43. The summed E-state index contributed by atoms with van der Waals surface area (Å²) in [6, 6.07) is 3.99. The SMILES string of the molecule is Fc1ccc(Cl)cc1N1CCCC(F)(F)C1. The lowest BCUT2D eigenvalue weighted by Gasteiger charge is -2.34. The molecule has 1 nitrogen and oxygen atoms in total. The molecule has 88 valence electrons. The number of benzene rings is 1. The second-order valence-corrected chi connectivity index (χ2v) is 4.41. The Morgan fingerprint density at radius 1 is 1.31 bits per heavy atom. The van der Waals surface area contributed by atoms with E-state index in [0.717, 1.165) is 0 Å². The number of halogens is 4. The van der Waals surface area contributed by atoms with Gasteiger partial charge in [0.2, 0.25) is 0 Å². The molecular formula is C11H11ClF3N. The minimum Gasteiger partial charge on any atom is -0.363 e. The van der Waals surface area contributed by atoms with Crippen LogP contribution in [0.15, 0.2) is 18.2 Å². The van der Waals surface area contributed by atoms with Crippen LogP contribution in [0.3, 0.4) is 0 Å². The second kappa shape index (κ2) is 4.17. The molecule has 1 fully saturated rings. The van der Waals surface area contributed by atoms with E-state index in [0.29, 0.717) is 18.0 Å². The first-order chi connectivity index (χ1) is 7.48. The van der Waals surface area contributed by atoms with Crippen LogP contribution in [-0.2, 0) is 0 Å². The quantitative estimate of drug-likeness (QED) is 0.733. The van der Waals surface area contributed by atoms with E-state index in [1.165, 1.54) is 23.1 Å². The molecule has 1 aromatic carbocycles. The molecule has 0 radical (unpaired) electrons. The molecule has 0 amide bonds. The number of nitrogens with zero attached hydrogens (tertiary/aromatic N) is 1. The predicted molar refractivity (Wildman–Crippen MR) is 57.8 cm³/mol. The van der Waals surface area contributed by atoms with E-state index in [9.17, 15) is 13.2 Å². The van der Waals surface area contributed by atoms with Crippen molar-refractivity contribution in [3.63, 3.8) is 0 Å². The molecule has 0 N–H and O–H groups in total. The smallest absolute Gasteiger partial charge is 0.265 e. The molecular weight excluding hydrogens is 239 g/mol. The van der Waals surface area contributed by atoms with E-state index in [4.69, 9.17) is 11.6 Å². The predicted octanol–water partition coefficient (Wildman–Crippen LogP) is 3.71. The average Bonchev–Trinajstić information content (AvgIpc) is 2.20. The van der Waals surface area contributed by atoms with E-state index in [1.54, 1.807) is 0 Å².